The second kappa shape index (κ2) is 3.62. The number of aromatic carboxylic acids is 1. The monoisotopic (exact) mass is 229 g/mol. The molecule has 0 unspecified atom stereocenters. The number of hydrogen-bond donors (Lipinski definition) is 2. The van der Waals surface area contributed by atoms with Gasteiger partial charge >= 0.3 is 5.97 Å². The Balaban J connectivity index is 2.31. The van der Waals surface area contributed by atoms with Gasteiger partial charge in [-0.25, -0.2) is 4.79 Å². The van der Waals surface area contributed by atoms with E-state index in [9.17, 15) is 4.79 Å². The number of hydrogen-bond acceptors (Lipinski definition) is 1. The second-order valence-electron chi connectivity index (χ2n) is 4.76. The highest BCUT2D eigenvalue weighted by molar-refractivity contribution is 5.98. The molecular weight excluding hydrogens is 214 g/mol. The van der Waals surface area contributed by atoms with E-state index in [2.05, 4.69) is 4.98 Å². The molecule has 1 aliphatic carbocycles. The van der Waals surface area contributed by atoms with Gasteiger partial charge in [0.15, 0.2) is 0 Å². The molecule has 0 bridgehead atoms. The maximum atomic E-state index is 11.1. The molecule has 17 heavy (non-hydrogen) atoms. The van der Waals surface area contributed by atoms with Crippen molar-refractivity contribution in [2.45, 2.75) is 32.6 Å². The van der Waals surface area contributed by atoms with Gasteiger partial charge < -0.3 is 10.1 Å². The van der Waals surface area contributed by atoms with Crippen molar-refractivity contribution in [2.75, 3.05) is 0 Å². The van der Waals surface area contributed by atoms with Crippen molar-refractivity contribution in [1.82, 2.24) is 4.98 Å². The van der Waals surface area contributed by atoms with E-state index in [1.165, 1.54) is 29.5 Å². The third-order valence-corrected chi connectivity index (χ3v) is 3.76. The van der Waals surface area contributed by atoms with Crippen LogP contribution in [0.4, 0.5) is 0 Å². The summed E-state index contributed by atoms with van der Waals surface area (Å²) in [6.07, 6.45) is 4.66. The highest BCUT2D eigenvalue weighted by Crippen LogP contribution is 2.31. The second-order valence-corrected chi connectivity index (χ2v) is 4.76. The van der Waals surface area contributed by atoms with Crippen molar-refractivity contribution in [1.29, 1.82) is 0 Å². The predicted molar refractivity (Wildman–Crippen MR) is 66.6 cm³/mol. The summed E-state index contributed by atoms with van der Waals surface area (Å²) >= 11 is 0. The standard InChI is InChI=1S/C14H15NO2/c1-8-9(14(16)17)6-7-11-10-4-2-3-5-12(10)15-13(8)11/h6-7,15H,2-5H2,1H3,(H,16,17). The SMILES string of the molecule is Cc1c(C(=O)O)ccc2c3c([nH]c12)CCCC3. The Morgan fingerprint density at radius 3 is 2.82 bits per heavy atom. The van der Waals surface area contributed by atoms with Gasteiger partial charge in [0.25, 0.3) is 0 Å². The average Bonchev–Trinajstić information content (AvgIpc) is 2.69. The Kier molecular flexibility index (Phi) is 2.21. The van der Waals surface area contributed by atoms with Gasteiger partial charge in [0.1, 0.15) is 0 Å². The topological polar surface area (TPSA) is 53.1 Å². The average molecular weight is 229 g/mol. The summed E-state index contributed by atoms with van der Waals surface area (Å²) in [4.78, 5) is 14.5. The molecule has 1 heterocycles. The summed E-state index contributed by atoms with van der Waals surface area (Å²) in [5, 5.41) is 10.3. The Morgan fingerprint density at radius 1 is 1.29 bits per heavy atom. The molecule has 1 aliphatic rings. The number of carboxylic acid groups (broad SMARTS) is 1. The number of aryl methyl sites for hydroxylation is 3. The molecule has 0 aliphatic heterocycles. The van der Waals surface area contributed by atoms with Crippen molar-refractivity contribution in [3.63, 3.8) is 0 Å². The molecule has 1 aromatic carbocycles. The van der Waals surface area contributed by atoms with Crippen molar-refractivity contribution >= 4 is 16.9 Å². The van der Waals surface area contributed by atoms with Gasteiger partial charge in [0.2, 0.25) is 0 Å². The molecule has 2 aromatic rings. The van der Waals surface area contributed by atoms with Crippen LogP contribution in [0.1, 0.15) is 40.0 Å². The Hall–Kier alpha value is -1.77. The first-order valence-corrected chi connectivity index (χ1v) is 6.05. The number of aromatic nitrogens is 1. The number of nitrogens with one attached hydrogen (secondary N) is 1. The maximum absolute atomic E-state index is 11.1. The van der Waals surface area contributed by atoms with Crippen LogP contribution in [0, 0.1) is 6.92 Å². The van der Waals surface area contributed by atoms with Crippen LogP contribution in [0.3, 0.4) is 0 Å². The minimum atomic E-state index is -0.850. The lowest BCUT2D eigenvalue weighted by Crippen LogP contribution is -2.00. The Labute approximate surface area is 99.5 Å². The van der Waals surface area contributed by atoms with E-state index in [1.807, 2.05) is 13.0 Å². The molecule has 0 amide bonds. The zero-order valence-electron chi connectivity index (χ0n) is 9.84. The predicted octanol–water partition coefficient (Wildman–Crippen LogP) is 3.05. The van der Waals surface area contributed by atoms with E-state index in [4.69, 9.17) is 5.11 Å². The molecule has 3 heteroatoms. The maximum Gasteiger partial charge on any atom is 0.336 e. The smallest absolute Gasteiger partial charge is 0.336 e. The number of aromatic amines is 1. The van der Waals surface area contributed by atoms with Crippen LogP contribution in [0.2, 0.25) is 0 Å². The number of rotatable bonds is 1. The lowest BCUT2D eigenvalue weighted by molar-refractivity contribution is 0.0696. The summed E-state index contributed by atoms with van der Waals surface area (Å²) in [5.74, 6) is -0.850. The quantitative estimate of drug-likeness (QED) is 0.789. The molecule has 3 nitrogen and oxygen atoms in total. The molecule has 88 valence electrons. The third kappa shape index (κ3) is 1.46. The Morgan fingerprint density at radius 2 is 2.06 bits per heavy atom. The van der Waals surface area contributed by atoms with Crippen molar-refractivity contribution in [2.24, 2.45) is 0 Å². The fourth-order valence-corrected chi connectivity index (χ4v) is 2.85. The van der Waals surface area contributed by atoms with E-state index in [0.29, 0.717) is 5.56 Å². The number of carboxylic acids is 1. The number of carbonyl (C=O) groups is 1. The van der Waals surface area contributed by atoms with Crippen LogP contribution in [-0.4, -0.2) is 16.1 Å². The Bertz CT molecular complexity index is 610. The largest absolute Gasteiger partial charge is 0.478 e. The van der Waals surface area contributed by atoms with Crippen molar-refractivity contribution < 1.29 is 9.90 Å². The molecule has 0 fully saturated rings. The summed E-state index contributed by atoms with van der Waals surface area (Å²) in [7, 11) is 0. The molecular formula is C14H15NO2. The number of benzene rings is 1. The van der Waals surface area contributed by atoms with Gasteiger partial charge in [-0.2, -0.15) is 0 Å². The van der Waals surface area contributed by atoms with Crippen molar-refractivity contribution in [3.05, 3.63) is 34.5 Å². The first-order chi connectivity index (χ1) is 8.18. The summed E-state index contributed by atoms with van der Waals surface area (Å²) in [6, 6.07) is 3.68. The first-order valence-electron chi connectivity index (χ1n) is 6.05. The van der Waals surface area contributed by atoms with Crippen LogP contribution >= 0.6 is 0 Å². The lowest BCUT2D eigenvalue weighted by Gasteiger charge is -2.10. The molecule has 1 aromatic heterocycles. The van der Waals surface area contributed by atoms with E-state index in [-0.39, 0.29) is 0 Å². The number of fused-ring (bicyclic) bond motifs is 3. The van der Waals surface area contributed by atoms with Gasteiger partial charge in [-0.3, -0.25) is 0 Å². The molecule has 0 spiro atoms. The van der Waals surface area contributed by atoms with E-state index >= 15 is 0 Å². The summed E-state index contributed by atoms with van der Waals surface area (Å²) < 4.78 is 0. The van der Waals surface area contributed by atoms with Gasteiger partial charge in [-0.05, 0) is 49.8 Å². The zero-order chi connectivity index (χ0) is 12.0. The van der Waals surface area contributed by atoms with E-state index < -0.39 is 5.97 Å². The third-order valence-electron chi connectivity index (χ3n) is 3.76. The molecule has 0 saturated heterocycles. The van der Waals surface area contributed by atoms with Crippen LogP contribution < -0.4 is 0 Å². The molecule has 0 radical (unpaired) electrons. The summed E-state index contributed by atoms with van der Waals surface area (Å²) in [5.41, 5.74) is 4.96. The van der Waals surface area contributed by atoms with E-state index in [1.54, 1.807) is 6.07 Å². The fraction of sp³-hybridized carbons (Fsp3) is 0.357. The summed E-state index contributed by atoms with van der Waals surface area (Å²) in [6.45, 7) is 1.88. The van der Waals surface area contributed by atoms with E-state index in [0.717, 1.165) is 23.9 Å². The van der Waals surface area contributed by atoms with Gasteiger partial charge in [0.05, 0.1) is 5.56 Å². The van der Waals surface area contributed by atoms with Gasteiger partial charge in [-0.15, -0.1) is 0 Å². The van der Waals surface area contributed by atoms with Crippen LogP contribution in [0.5, 0.6) is 0 Å². The van der Waals surface area contributed by atoms with Crippen LogP contribution in [0.25, 0.3) is 10.9 Å². The fourth-order valence-electron chi connectivity index (χ4n) is 2.85. The zero-order valence-corrected chi connectivity index (χ0v) is 9.84. The van der Waals surface area contributed by atoms with Crippen molar-refractivity contribution in [3.8, 4) is 0 Å². The van der Waals surface area contributed by atoms with Gasteiger partial charge in [-0.1, -0.05) is 6.07 Å². The van der Waals surface area contributed by atoms with Gasteiger partial charge in [0, 0.05) is 16.6 Å². The van der Waals surface area contributed by atoms with Crippen LogP contribution in [0.15, 0.2) is 12.1 Å². The molecule has 2 N–H and O–H groups in total. The highest BCUT2D eigenvalue weighted by atomic mass is 16.4. The minimum Gasteiger partial charge on any atom is -0.478 e. The number of H-pyrrole nitrogens is 1. The minimum absolute atomic E-state index is 0.399. The normalized spacial score (nSPS) is 14.9. The molecule has 3 rings (SSSR count). The molecule has 0 saturated carbocycles. The van der Waals surface area contributed by atoms with Crippen LogP contribution in [-0.2, 0) is 12.8 Å². The first kappa shape index (κ1) is 10.4. The molecule has 0 atom stereocenters. The lowest BCUT2D eigenvalue weighted by atomic mass is 9.94. The highest BCUT2D eigenvalue weighted by Gasteiger charge is 2.18.